The lowest BCUT2D eigenvalue weighted by molar-refractivity contribution is -0.113. The molecule has 5 nitrogen and oxygen atoms in total. The summed E-state index contributed by atoms with van der Waals surface area (Å²) < 4.78 is 5.46. The Morgan fingerprint density at radius 2 is 1.80 bits per heavy atom. The highest BCUT2D eigenvalue weighted by Crippen LogP contribution is 2.33. The summed E-state index contributed by atoms with van der Waals surface area (Å²) in [7, 11) is 1.61. The topological polar surface area (TPSA) is 62.4 Å². The van der Waals surface area contributed by atoms with E-state index in [9.17, 15) is 4.79 Å². The third-order valence-electron chi connectivity index (χ3n) is 4.00. The molecule has 1 aliphatic rings. The molecule has 3 N–H and O–H groups in total. The van der Waals surface area contributed by atoms with Crippen LogP contribution in [0.15, 0.2) is 65.9 Å². The molecule has 0 fully saturated rings. The third-order valence-corrected chi connectivity index (χ3v) is 4.22. The molecule has 1 aliphatic heterocycles. The quantitative estimate of drug-likeness (QED) is 0.737. The van der Waals surface area contributed by atoms with Crippen LogP contribution in [0.1, 0.15) is 18.5 Å². The van der Waals surface area contributed by atoms with Gasteiger partial charge in [-0.15, -0.1) is 0 Å². The monoisotopic (exact) mass is 353 g/mol. The SMILES string of the molecule is COc1ccccc1[C@H]1NC(=S)NC(C)=C1C(=O)Nc1ccccc1. The number of methoxy groups -OCH3 is 1. The van der Waals surface area contributed by atoms with E-state index in [-0.39, 0.29) is 5.91 Å². The lowest BCUT2D eigenvalue weighted by Gasteiger charge is -2.31. The van der Waals surface area contributed by atoms with Crippen LogP contribution in [0.25, 0.3) is 0 Å². The predicted molar refractivity (Wildman–Crippen MR) is 102 cm³/mol. The molecule has 1 atom stereocenters. The normalized spacial score (nSPS) is 16.7. The Bertz CT molecular complexity index is 834. The van der Waals surface area contributed by atoms with Gasteiger partial charge in [0.1, 0.15) is 5.75 Å². The molecule has 0 spiro atoms. The van der Waals surface area contributed by atoms with Crippen LogP contribution in [0, 0.1) is 0 Å². The van der Waals surface area contributed by atoms with Crippen molar-refractivity contribution in [3.8, 4) is 5.75 Å². The van der Waals surface area contributed by atoms with Gasteiger partial charge in [0.05, 0.1) is 18.7 Å². The van der Waals surface area contributed by atoms with Crippen molar-refractivity contribution < 1.29 is 9.53 Å². The minimum Gasteiger partial charge on any atom is -0.496 e. The van der Waals surface area contributed by atoms with E-state index in [1.165, 1.54) is 0 Å². The summed E-state index contributed by atoms with van der Waals surface area (Å²) in [6, 6.07) is 16.5. The number of hydrogen-bond donors (Lipinski definition) is 3. The number of para-hydroxylation sites is 2. The van der Waals surface area contributed by atoms with Crippen molar-refractivity contribution in [2.75, 3.05) is 12.4 Å². The Morgan fingerprint density at radius 1 is 1.12 bits per heavy atom. The molecule has 0 bridgehead atoms. The van der Waals surface area contributed by atoms with E-state index in [1.54, 1.807) is 7.11 Å². The number of amides is 1. The minimum absolute atomic E-state index is 0.192. The Kier molecular flexibility index (Phi) is 5.00. The Morgan fingerprint density at radius 3 is 2.52 bits per heavy atom. The first-order valence-electron chi connectivity index (χ1n) is 7.87. The van der Waals surface area contributed by atoms with E-state index >= 15 is 0 Å². The largest absolute Gasteiger partial charge is 0.496 e. The number of carbonyl (C=O) groups excluding carboxylic acids is 1. The third kappa shape index (κ3) is 3.64. The van der Waals surface area contributed by atoms with Crippen molar-refractivity contribution in [1.82, 2.24) is 10.6 Å². The lowest BCUT2D eigenvalue weighted by Crippen LogP contribution is -2.45. The molecule has 2 aromatic rings. The molecule has 0 radical (unpaired) electrons. The van der Waals surface area contributed by atoms with Crippen molar-refractivity contribution in [1.29, 1.82) is 0 Å². The van der Waals surface area contributed by atoms with E-state index in [0.29, 0.717) is 22.1 Å². The minimum atomic E-state index is -0.395. The van der Waals surface area contributed by atoms with Gasteiger partial charge in [-0.2, -0.15) is 0 Å². The van der Waals surface area contributed by atoms with Gasteiger partial charge in [0.25, 0.3) is 5.91 Å². The van der Waals surface area contributed by atoms with E-state index in [4.69, 9.17) is 17.0 Å². The van der Waals surface area contributed by atoms with Crippen LogP contribution in [0.5, 0.6) is 5.75 Å². The number of benzene rings is 2. The van der Waals surface area contributed by atoms with Gasteiger partial charge >= 0.3 is 0 Å². The molecule has 0 unspecified atom stereocenters. The highest BCUT2D eigenvalue weighted by atomic mass is 32.1. The van der Waals surface area contributed by atoms with Crippen molar-refractivity contribution in [3.63, 3.8) is 0 Å². The van der Waals surface area contributed by atoms with Crippen LogP contribution in [-0.2, 0) is 4.79 Å². The maximum absolute atomic E-state index is 12.9. The Hall–Kier alpha value is -2.86. The molecule has 0 saturated heterocycles. The fourth-order valence-electron chi connectivity index (χ4n) is 2.85. The zero-order valence-electron chi connectivity index (χ0n) is 14.0. The zero-order chi connectivity index (χ0) is 17.8. The van der Waals surface area contributed by atoms with Crippen molar-refractivity contribution >= 4 is 28.9 Å². The maximum atomic E-state index is 12.9. The molecule has 1 heterocycles. The van der Waals surface area contributed by atoms with Gasteiger partial charge in [0.15, 0.2) is 5.11 Å². The number of ether oxygens (including phenoxy) is 1. The molecule has 0 saturated carbocycles. The van der Waals surface area contributed by atoms with E-state index in [1.807, 2.05) is 61.5 Å². The highest BCUT2D eigenvalue weighted by molar-refractivity contribution is 7.80. The van der Waals surface area contributed by atoms with Crippen molar-refractivity contribution in [2.45, 2.75) is 13.0 Å². The summed E-state index contributed by atoms with van der Waals surface area (Å²) in [6.45, 7) is 1.84. The second kappa shape index (κ2) is 7.36. The van der Waals surface area contributed by atoms with Crippen LogP contribution in [0.3, 0.4) is 0 Å². The molecule has 2 aromatic carbocycles. The first-order chi connectivity index (χ1) is 12.1. The molecular formula is C19H19N3O2S. The molecule has 3 rings (SSSR count). The number of carbonyl (C=O) groups is 1. The van der Waals surface area contributed by atoms with Crippen LogP contribution in [0.2, 0.25) is 0 Å². The fraction of sp³-hybridized carbons (Fsp3) is 0.158. The molecule has 0 aromatic heterocycles. The molecule has 25 heavy (non-hydrogen) atoms. The first-order valence-corrected chi connectivity index (χ1v) is 8.28. The number of rotatable bonds is 4. The van der Waals surface area contributed by atoms with Gasteiger partial charge in [0, 0.05) is 16.9 Å². The number of nitrogens with one attached hydrogen (secondary N) is 3. The lowest BCUT2D eigenvalue weighted by atomic mass is 9.94. The van der Waals surface area contributed by atoms with Gasteiger partial charge in [-0.3, -0.25) is 4.79 Å². The van der Waals surface area contributed by atoms with E-state index in [0.717, 1.165) is 11.3 Å². The number of anilines is 1. The summed E-state index contributed by atoms with van der Waals surface area (Å²) in [4.78, 5) is 12.9. The number of hydrogen-bond acceptors (Lipinski definition) is 3. The van der Waals surface area contributed by atoms with Gasteiger partial charge in [-0.25, -0.2) is 0 Å². The maximum Gasteiger partial charge on any atom is 0.255 e. The van der Waals surface area contributed by atoms with Crippen LogP contribution >= 0.6 is 12.2 Å². The van der Waals surface area contributed by atoms with E-state index in [2.05, 4.69) is 16.0 Å². The smallest absolute Gasteiger partial charge is 0.255 e. The first kappa shape index (κ1) is 17.0. The van der Waals surface area contributed by atoms with Gasteiger partial charge in [-0.05, 0) is 37.3 Å². The average Bonchev–Trinajstić information content (AvgIpc) is 2.61. The van der Waals surface area contributed by atoms with Crippen molar-refractivity contribution in [3.05, 3.63) is 71.4 Å². The standard InChI is InChI=1S/C19H19N3O2S/c1-12-16(18(23)21-13-8-4-3-5-9-13)17(22-19(25)20-12)14-10-6-7-11-15(14)24-2/h3-11,17H,1-2H3,(H,21,23)(H2,20,22,25)/t17-/m1/s1. The molecule has 128 valence electrons. The summed E-state index contributed by atoms with van der Waals surface area (Å²) in [6.07, 6.45) is 0. The zero-order valence-corrected chi connectivity index (χ0v) is 14.8. The Labute approximate surface area is 152 Å². The van der Waals surface area contributed by atoms with Crippen molar-refractivity contribution in [2.24, 2.45) is 0 Å². The molecule has 1 amide bonds. The predicted octanol–water partition coefficient (Wildman–Crippen LogP) is 3.13. The van der Waals surface area contributed by atoms with Crippen LogP contribution in [0.4, 0.5) is 5.69 Å². The second-order valence-corrected chi connectivity index (χ2v) is 6.04. The molecular weight excluding hydrogens is 334 g/mol. The second-order valence-electron chi connectivity index (χ2n) is 5.63. The summed E-state index contributed by atoms with van der Waals surface area (Å²) in [5.74, 6) is 0.504. The summed E-state index contributed by atoms with van der Waals surface area (Å²) in [5.41, 5.74) is 2.88. The molecule has 6 heteroatoms. The molecule has 0 aliphatic carbocycles. The van der Waals surface area contributed by atoms with Gasteiger partial charge < -0.3 is 20.7 Å². The van der Waals surface area contributed by atoms with Gasteiger partial charge in [-0.1, -0.05) is 36.4 Å². The summed E-state index contributed by atoms with van der Waals surface area (Å²) in [5, 5.41) is 9.62. The highest BCUT2D eigenvalue weighted by Gasteiger charge is 2.31. The van der Waals surface area contributed by atoms with Gasteiger partial charge in [0.2, 0.25) is 0 Å². The van der Waals surface area contributed by atoms with Crippen LogP contribution < -0.4 is 20.7 Å². The Balaban J connectivity index is 1.99. The number of thiocarbonyl (C=S) groups is 1. The van der Waals surface area contributed by atoms with E-state index < -0.39 is 6.04 Å². The fourth-order valence-corrected chi connectivity index (χ4v) is 3.12. The van der Waals surface area contributed by atoms with Crippen LogP contribution in [-0.4, -0.2) is 18.1 Å². The summed E-state index contributed by atoms with van der Waals surface area (Å²) >= 11 is 5.28. The average molecular weight is 353 g/mol. The number of allylic oxidation sites excluding steroid dienone is 1.